The Labute approximate surface area is 202 Å². The number of fused-ring (bicyclic) bond motifs is 1. The molecule has 0 aliphatic carbocycles. The Hall–Kier alpha value is -3.14. The number of halogens is 2. The van der Waals surface area contributed by atoms with E-state index in [-0.39, 0.29) is 24.5 Å². The molecule has 2 atom stereocenters. The van der Waals surface area contributed by atoms with Gasteiger partial charge in [0.15, 0.2) is 0 Å². The van der Waals surface area contributed by atoms with Crippen LogP contribution in [-0.2, 0) is 6.42 Å². The monoisotopic (exact) mass is 480 g/mol. The van der Waals surface area contributed by atoms with Gasteiger partial charge in [-0.15, -0.1) is 10.2 Å². The summed E-state index contributed by atoms with van der Waals surface area (Å²) in [6.07, 6.45) is 6.31. The van der Waals surface area contributed by atoms with E-state index in [0.717, 1.165) is 53.6 Å². The van der Waals surface area contributed by atoms with Gasteiger partial charge in [-0.3, -0.25) is 4.57 Å². The fraction of sp³-hybridized carbons (Fsp3) is 0.385. The molecular weight excluding hydrogens is 450 g/mol. The number of aromatic nitrogens is 4. The van der Waals surface area contributed by atoms with Gasteiger partial charge in [-0.25, -0.2) is 8.78 Å². The number of nitrogens with one attached hydrogen (secondary N) is 2. The Morgan fingerprint density at radius 3 is 2.54 bits per heavy atom. The molecule has 0 saturated carbocycles. The summed E-state index contributed by atoms with van der Waals surface area (Å²) in [5, 5.41) is 22.0. The van der Waals surface area contributed by atoms with Crippen molar-refractivity contribution >= 4 is 10.9 Å². The number of hydrogen-bond donors (Lipinski definition) is 3. The van der Waals surface area contributed by atoms with Gasteiger partial charge >= 0.3 is 0 Å². The Morgan fingerprint density at radius 2 is 1.83 bits per heavy atom. The number of H-pyrrole nitrogens is 1. The van der Waals surface area contributed by atoms with Crippen LogP contribution < -0.4 is 5.32 Å². The van der Waals surface area contributed by atoms with Crippen LogP contribution in [0.4, 0.5) is 8.78 Å². The first-order chi connectivity index (χ1) is 17.1. The summed E-state index contributed by atoms with van der Waals surface area (Å²) in [5.74, 6) is -0.289. The number of piperidine rings is 1. The summed E-state index contributed by atoms with van der Waals surface area (Å²) in [5.41, 5.74) is 3.75. The maximum absolute atomic E-state index is 15.1. The highest BCUT2D eigenvalue weighted by molar-refractivity contribution is 5.85. The molecule has 2 aromatic heterocycles. The summed E-state index contributed by atoms with van der Waals surface area (Å²) < 4.78 is 30.1. The van der Waals surface area contributed by atoms with Crippen LogP contribution in [0, 0.1) is 5.82 Å². The number of alkyl halides is 1. The number of aromatic amines is 1. The maximum Gasteiger partial charge on any atom is 0.123 e. The van der Waals surface area contributed by atoms with Crippen molar-refractivity contribution in [2.45, 2.75) is 37.5 Å². The standard InChI is InChI=1S/C26H30F2N6O/c27-20-3-1-18(2-4-20)26(15-35)32-22-7-9-33(10-8-22)14-21(28)11-19-13-29-25-6-5-23(12-24(19)25)34-16-30-31-17-34/h1-6,12-13,16-17,21-22,26,29,32,35H,7-11,14-15H2. The molecule has 1 aliphatic heterocycles. The van der Waals surface area contributed by atoms with E-state index in [4.69, 9.17) is 0 Å². The molecule has 3 heterocycles. The molecule has 1 aliphatic rings. The second-order valence-electron chi connectivity index (χ2n) is 9.24. The minimum atomic E-state index is -0.971. The van der Waals surface area contributed by atoms with E-state index in [1.165, 1.54) is 12.1 Å². The van der Waals surface area contributed by atoms with Crippen LogP contribution in [0.3, 0.4) is 0 Å². The number of rotatable bonds is 9. The van der Waals surface area contributed by atoms with E-state index in [1.807, 2.05) is 29.0 Å². The van der Waals surface area contributed by atoms with Crippen molar-refractivity contribution in [3.8, 4) is 5.69 Å². The zero-order valence-corrected chi connectivity index (χ0v) is 19.4. The van der Waals surface area contributed by atoms with E-state index >= 15 is 4.39 Å². The van der Waals surface area contributed by atoms with Gasteiger partial charge < -0.3 is 20.3 Å². The van der Waals surface area contributed by atoms with Gasteiger partial charge in [0.05, 0.1) is 12.6 Å². The molecule has 4 aromatic rings. The van der Waals surface area contributed by atoms with Gasteiger partial charge in [0.2, 0.25) is 0 Å². The Bertz CT molecular complexity index is 1220. The third-order valence-corrected chi connectivity index (χ3v) is 6.85. The van der Waals surface area contributed by atoms with Crippen molar-refractivity contribution in [2.75, 3.05) is 26.2 Å². The number of nitrogens with zero attached hydrogens (tertiary/aromatic N) is 4. The van der Waals surface area contributed by atoms with Gasteiger partial charge in [-0.1, -0.05) is 12.1 Å². The Morgan fingerprint density at radius 1 is 1.09 bits per heavy atom. The lowest BCUT2D eigenvalue weighted by molar-refractivity contribution is 0.139. The van der Waals surface area contributed by atoms with Crippen LogP contribution in [0.15, 0.2) is 61.3 Å². The van der Waals surface area contributed by atoms with Crippen molar-refractivity contribution in [3.63, 3.8) is 0 Å². The predicted molar refractivity (Wildman–Crippen MR) is 131 cm³/mol. The van der Waals surface area contributed by atoms with Crippen molar-refractivity contribution in [1.29, 1.82) is 0 Å². The number of hydrogen-bond acceptors (Lipinski definition) is 5. The smallest absolute Gasteiger partial charge is 0.123 e. The van der Waals surface area contributed by atoms with E-state index < -0.39 is 6.17 Å². The quantitative estimate of drug-likeness (QED) is 0.341. The molecule has 5 rings (SSSR count). The van der Waals surface area contributed by atoms with Gasteiger partial charge in [-0.05, 0) is 67.4 Å². The van der Waals surface area contributed by atoms with Gasteiger partial charge in [0.25, 0.3) is 0 Å². The second-order valence-corrected chi connectivity index (χ2v) is 9.24. The highest BCUT2D eigenvalue weighted by Gasteiger charge is 2.24. The van der Waals surface area contributed by atoms with Crippen LogP contribution in [0.25, 0.3) is 16.6 Å². The molecule has 0 spiro atoms. The summed E-state index contributed by atoms with van der Waals surface area (Å²) >= 11 is 0. The van der Waals surface area contributed by atoms with E-state index in [0.29, 0.717) is 13.0 Å². The van der Waals surface area contributed by atoms with Gasteiger partial charge in [0, 0.05) is 41.8 Å². The van der Waals surface area contributed by atoms with Gasteiger partial charge in [-0.2, -0.15) is 0 Å². The molecular formula is C26H30F2N6O. The minimum absolute atomic E-state index is 0.0535. The average Bonchev–Trinajstić information content (AvgIpc) is 3.55. The minimum Gasteiger partial charge on any atom is -0.394 e. The first-order valence-corrected chi connectivity index (χ1v) is 12.0. The fourth-order valence-electron chi connectivity index (χ4n) is 4.93. The van der Waals surface area contributed by atoms with E-state index in [1.54, 1.807) is 24.8 Å². The summed E-state index contributed by atoms with van der Waals surface area (Å²) in [6, 6.07) is 12.2. The van der Waals surface area contributed by atoms with E-state index in [2.05, 4.69) is 25.4 Å². The topological polar surface area (TPSA) is 82.0 Å². The SMILES string of the molecule is OCC(NC1CCN(CC(F)Cc2c[nH]c3ccc(-n4cnnc4)cc23)CC1)c1ccc(F)cc1. The zero-order valence-electron chi connectivity index (χ0n) is 19.4. The lowest BCUT2D eigenvalue weighted by atomic mass is 10.00. The molecule has 9 heteroatoms. The normalized spacial score (nSPS) is 17.1. The lowest BCUT2D eigenvalue weighted by Gasteiger charge is -2.35. The van der Waals surface area contributed by atoms with Crippen molar-refractivity contribution in [3.05, 3.63) is 78.3 Å². The molecule has 1 saturated heterocycles. The molecule has 3 N–H and O–H groups in total. The van der Waals surface area contributed by atoms with Crippen molar-refractivity contribution in [1.82, 2.24) is 30.0 Å². The largest absolute Gasteiger partial charge is 0.394 e. The summed E-state index contributed by atoms with van der Waals surface area (Å²) in [6.45, 7) is 1.94. The first-order valence-electron chi connectivity index (χ1n) is 12.0. The molecule has 0 bridgehead atoms. The fourth-order valence-corrected chi connectivity index (χ4v) is 4.93. The van der Waals surface area contributed by atoms with Crippen LogP contribution in [0.1, 0.15) is 30.0 Å². The molecule has 184 valence electrons. The molecule has 1 fully saturated rings. The third-order valence-electron chi connectivity index (χ3n) is 6.85. The molecule has 2 unspecified atom stereocenters. The zero-order chi connectivity index (χ0) is 24.2. The van der Waals surface area contributed by atoms with Crippen molar-refractivity contribution < 1.29 is 13.9 Å². The van der Waals surface area contributed by atoms with Gasteiger partial charge in [0.1, 0.15) is 24.6 Å². The molecule has 0 radical (unpaired) electrons. The maximum atomic E-state index is 15.1. The molecule has 0 amide bonds. The number of likely N-dealkylation sites (tertiary alicyclic amines) is 1. The highest BCUT2D eigenvalue weighted by Crippen LogP contribution is 2.24. The number of benzene rings is 2. The Kier molecular flexibility index (Phi) is 7.17. The van der Waals surface area contributed by atoms with Crippen molar-refractivity contribution in [2.24, 2.45) is 0 Å². The summed E-state index contributed by atoms with van der Waals surface area (Å²) in [7, 11) is 0. The lowest BCUT2D eigenvalue weighted by Crippen LogP contribution is -2.46. The first kappa shape index (κ1) is 23.6. The third kappa shape index (κ3) is 5.58. The molecule has 2 aromatic carbocycles. The predicted octanol–water partition coefficient (Wildman–Crippen LogP) is 3.56. The second kappa shape index (κ2) is 10.6. The highest BCUT2D eigenvalue weighted by atomic mass is 19.1. The summed E-state index contributed by atoms with van der Waals surface area (Å²) in [4.78, 5) is 5.42. The number of aliphatic hydroxyl groups excluding tert-OH is 1. The van der Waals surface area contributed by atoms with Crippen LogP contribution in [-0.4, -0.2) is 68.2 Å². The van der Waals surface area contributed by atoms with Crippen LogP contribution in [0.5, 0.6) is 0 Å². The number of aliphatic hydroxyl groups is 1. The average molecular weight is 481 g/mol. The van der Waals surface area contributed by atoms with Crippen LogP contribution in [0.2, 0.25) is 0 Å². The van der Waals surface area contributed by atoms with E-state index in [9.17, 15) is 9.50 Å². The Balaban J connectivity index is 1.14. The molecule has 35 heavy (non-hydrogen) atoms. The van der Waals surface area contributed by atoms with Crippen LogP contribution >= 0.6 is 0 Å². The molecule has 7 nitrogen and oxygen atoms in total.